The lowest BCUT2D eigenvalue weighted by molar-refractivity contribution is 0.0691. The number of para-hydroxylation sites is 1. The van der Waals surface area contributed by atoms with Gasteiger partial charge in [-0.15, -0.1) is 0 Å². The predicted molar refractivity (Wildman–Crippen MR) is 78.4 cm³/mol. The van der Waals surface area contributed by atoms with E-state index in [0.29, 0.717) is 16.0 Å². The zero-order chi connectivity index (χ0) is 14.5. The summed E-state index contributed by atoms with van der Waals surface area (Å²) in [6.07, 6.45) is 0. The summed E-state index contributed by atoms with van der Waals surface area (Å²) in [6, 6.07) is 12.3. The van der Waals surface area contributed by atoms with Crippen LogP contribution in [-0.2, 0) is 6.61 Å². The molecule has 0 saturated carbocycles. The van der Waals surface area contributed by atoms with E-state index in [9.17, 15) is 4.79 Å². The minimum absolute atomic E-state index is 0.120. The SMILES string of the molecule is COc1ccccc1COc1ccc(Br)cc1C(=O)O. The number of ether oxygens (including phenoxy) is 2. The van der Waals surface area contributed by atoms with Crippen LogP contribution in [0.1, 0.15) is 15.9 Å². The number of halogens is 1. The molecular weight excluding hydrogens is 324 g/mol. The van der Waals surface area contributed by atoms with Crippen molar-refractivity contribution in [3.05, 3.63) is 58.1 Å². The van der Waals surface area contributed by atoms with Crippen molar-refractivity contribution in [3.63, 3.8) is 0 Å². The zero-order valence-electron chi connectivity index (χ0n) is 10.8. The van der Waals surface area contributed by atoms with E-state index in [4.69, 9.17) is 14.6 Å². The number of hydrogen-bond donors (Lipinski definition) is 1. The Morgan fingerprint density at radius 2 is 1.95 bits per heavy atom. The number of carboxylic acids is 1. The fraction of sp³-hybridized carbons (Fsp3) is 0.133. The molecule has 0 saturated heterocycles. The summed E-state index contributed by atoms with van der Waals surface area (Å²) in [4.78, 5) is 11.2. The Balaban J connectivity index is 2.21. The molecule has 0 aliphatic carbocycles. The van der Waals surface area contributed by atoms with Gasteiger partial charge in [0.1, 0.15) is 23.7 Å². The molecule has 2 aromatic rings. The first kappa shape index (κ1) is 14.4. The Hall–Kier alpha value is -2.01. The Morgan fingerprint density at radius 3 is 2.65 bits per heavy atom. The number of methoxy groups -OCH3 is 1. The largest absolute Gasteiger partial charge is 0.496 e. The lowest BCUT2D eigenvalue weighted by atomic mass is 10.2. The van der Waals surface area contributed by atoms with Crippen LogP contribution >= 0.6 is 15.9 Å². The molecule has 0 amide bonds. The topological polar surface area (TPSA) is 55.8 Å². The van der Waals surface area contributed by atoms with Crippen LogP contribution in [0.3, 0.4) is 0 Å². The Kier molecular flexibility index (Phi) is 4.63. The van der Waals surface area contributed by atoms with Crippen molar-refractivity contribution in [3.8, 4) is 11.5 Å². The summed E-state index contributed by atoms with van der Waals surface area (Å²) in [5, 5.41) is 9.16. The number of aromatic carboxylic acids is 1. The molecule has 4 nitrogen and oxygen atoms in total. The number of rotatable bonds is 5. The highest BCUT2D eigenvalue weighted by Crippen LogP contribution is 2.25. The molecule has 0 bridgehead atoms. The van der Waals surface area contributed by atoms with Crippen LogP contribution in [-0.4, -0.2) is 18.2 Å². The van der Waals surface area contributed by atoms with Gasteiger partial charge in [-0.05, 0) is 24.3 Å². The molecule has 0 unspecified atom stereocenters. The average molecular weight is 337 g/mol. The summed E-state index contributed by atoms with van der Waals surface area (Å²) >= 11 is 3.24. The van der Waals surface area contributed by atoms with Crippen LogP contribution in [0.2, 0.25) is 0 Å². The van der Waals surface area contributed by atoms with Crippen LogP contribution in [0, 0.1) is 0 Å². The summed E-state index contributed by atoms with van der Waals surface area (Å²) in [5.74, 6) is 0.00872. The van der Waals surface area contributed by atoms with Crippen molar-refractivity contribution in [2.45, 2.75) is 6.61 Å². The van der Waals surface area contributed by atoms with Crippen molar-refractivity contribution in [2.24, 2.45) is 0 Å². The first-order valence-corrected chi connectivity index (χ1v) is 6.68. The highest BCUT2D eigenvalue weighted by Gasteiger charge is 2.12. The first-order valence-electron chi connectivity index (χ1n) is 5.89. The summed E-state index contributed by atoms with van der Waals surface area (Å²) in [7, 11) is 1.58. The fourth-order valence-corrected chi connectivity index (χ4v) is 2.13. The molecule has 0 radical (unpaired) electrons. The number of benzene rings is 2. The van der Waals surface area contributed by atoms with Gasteiger partial charge in [0.2, 0.25) is 0 Å². The Morgan fingerprint density at radius 1 is 1.20 bits per heavy atom. The molecule has 0 heterocycles. The average Bonchev–Trinajstić information content (AvgIpc) is 2.46. The van der Waals surface area contributed by atoms with Crippen LogP contribution in [0.15, 0.2) is 46.9 Å². The van der Waals surface area contributed by atoms with Crippen LogP contribution in [0.5, 0.6) is 11.5 Å². The molecule has 2 rings (SSSR count). The molecular formula is C15H13BrO4. The van der Waals surface area contributed by atoms with Crippen molar-refractivity contribution >= 4 is 21.9 Å². The van der Waals surface area contributed by atoms with Gasteiger partial charge < -0.3 is 14.6 Å². The van der Waals surface area contributed by atoms with Crippen molar-refractivity contribution in [2.75, 3.05) is 7.11 Å². The summed E-state index contributed by atoms with van der Waals surface area (Å²) in [5.41, 5.74) is 0.975. The maximum absolute atomic E-state index is 11.2. The van der Waals surface area contributed by atoms with Crippen LogP contribution in [0.25, 0.3) is 0 Å². The Labute approximate surface area is 125 Å². The maximum atomic E-state index is 11.2. The van der Waals surface area contributed by atoms with Crippen molar-refractivity contribution < 1.29 is 19.4 Å². The minimum Gasteiger partial charge on any atom is -0.496 e. The zero-order valence-corrected chi connectivity index (χ0v) is 12.4. The number of carbonyl (C=O) groups is 1. The second-order valence-corrected chi connectivity index (χ2v) is 4.96. The second kappa shape index (κ2) is 6.43. The molecule has 5 heteroatoms. The van der Waals surface area contributed by atoms with Crippen LogP contribution in [0.4, 0.5) is 0 Å². The van der Waals surface area contributed by atoms with E-state index < -0.39 is 5.97 Å². The normalized spacial score (nSPS) is 10.1. The van der Waals surface area contributed by atoms with Gasteiger partial charge in [0.25, 0.3) is 0 Å². The van der Waals surface area contributed by atoms with Crippen molar-refractivity contribution in [1.82, 2.24) is 0 Å². The van der Waals surface area contributed by atoms with Gasteiger partial charge in [0.05, 0.1) is 7.11 Å². The highest BCUT2D eigenvalue weighted by molar-refractivity contribution is 9.10. The molecule has 2 aromatic carbocycles. The number of carboxylic acid groups (broad SMARTS) is 1. The molecule has 0 aromatic heterocycles. The van der Waals surface area contributed by atoms with E-state index in [-0.39, 0.29) is 12.2 Å². The molecule has 1 N–H and O–H groups in total. The molecule has 104 valence electrons. The maximum Gasteiger partial charge on any atom is 0.339 e. The molecule has 20 heavy (non-hydrogen) atoms. The number of hydrogen-bond acceptors (Lipinski definition) is 3. The van der Waals surface area contributed by atoms with Gasteiger partial charge in [-0.1, -0.05) is 34.1 Å². The minimum atomic E-state index is -1.03. The van der Waals surface area contributed by atoms with Gasteiger partial charge >= 0.3 is 5.97 Å². The van der Waals surface area contributed by atoms with Gasteiger partial charge in [-0.25, -0.2) is 4.79 Å². The third-order valence-corrected chi connectivity index (χ3v) is 3.24. The monoisotopic (exact) mass is 336 g/mol. The summed E-state index contributed by atoms with van der Waals surface area (Å²) in [6.45, 7) is 0.242. The van der Waals surface area contributed by atoms with E-state index in [0.717, 1.165) is 5.56 Å². The molecule has 0 fully saturated rings. The van der Waals surface area contributed by atoms with Gasteiger partial charge in [-0.2, -0.15) is 0 Å². The fourth-order valence-electron chi connectivity index (χ4n) is 1.77. The van der Waals surface area contributed by atoms with E-state index in [1.165, 1.54) is 6.07 Å². The molecule has 0 atom stereocenters. The van der Waals surface area contributed by atoms with Crippen LogP contribution < -0.4 is 9.47 Å². The lowest BCUT2D eigenvalue weighted by Gasteiger charge is -2.12. The first-order chi connectivity index (χ1) is 9.61. The smallest absolute Gasteiger partial charge is 0.339 e. The van der Waals surface area contributed by atoms with E-state index in [2.05, 4.69) is 15.9 Å². The lowest BCUT2D eigenvalue weighted by Crippen LogP contribution is -2.04. The molecule has 0 spiro atoms. The third kappa shape index (κ3) is 3.30. The Bertz CT molecular complexity index is 625. The van der Waals surface area contributed by atoms with Gasteiger partial charge in [0.15, 0.2) is 0 Å². The summed E-state index contributed by atoms with van der Waals surface area (Å²) < 4.78 is 11.5. The third-order valence-electron chi connectivity index (χ3n) is 2.75. The van der Waals surface area contributed by atoms with Crippen molar-refractivity contribution in [1.29, 1.82) is 0 Å². The van der Waals surface area contributed by atoms with E-state index in [1.807, 2.05) is 24.3 Å². The highest BCUT2D eigenvalue weighted by atomic mass is 79.9. The van der Waals surface area contributed by atoms with Gasteiger partial charge in [0, 0.05) is 10.0 Å². The molecule has 0 aliphatic heterocycles. The second-order valence-electron chi connectivity index (χ2n) is 4.05. The van der Waals surface area contributed by atoms with E-state index >= 15 is 0 Å². The quantitative estimate of drug-likeness (QED) is 0.903. The van der Waals surface area contributed by atoms with E-state index in [1.54, 1.807) is 19.2 Å². The molecule has 0 aliphatic rings. The van der Waals surface area contributed by atoms with Gasteiger partial charge in [-0.3, -0.25) is 0 Å². The standard InChI is InChI=1S/C15H13BrO4/c1-19-13-5-3-2-4-10(13)9-20-14-7-6-11(16)8-12(14)15(17)18/h2-8H,9H2,1H3,(H,17,18). The predicted octanol–water partition coefficient (Wildman–Crippen LogP) is 3.73.